The summed E-state index contributed by atoms with van der Waals surface area (Å²) in [5, 5.41) is 0. The molecule has 18 heavy (non-hydrogen) atoms. The number of ether oxygens (including phenoxy) is 3. The summed E-state index contributed by atoms with van der Waals surface area (Å²) in [6, 6.07) is 0. The minimum absolute atomic E-state index is 0.0671. The van der Waals surface area contributed by atoms with Crippen molar-refractivity contribution >= 4 is 11.6 Å². The fraction of sp³-hybridized carbons (Fsp3) is 0.846. The van der Waals surface area contributed by atoms with Crippen molar-refractivity contribution in [3.05, 3.63) is 0 Å². The lowest BCUT2D eigenvalue weighted by Gasteiger charge is -2.00. The average Bonchev–Trinajstić information content (AvgIpc) is 2.30. The van der Waals surface area contributed by atoms with Crippen LogP contribution in [0.2, 0.25) is 0 Å². The number of Topliss-reactive ketones (excluding diaryl/α,β-unsaturated/α-hetero) is 2. The van der Waals surface area contributed by atoms with Crippen molar-refractivity contribution in [3.63, 3.8) is 0 Å². The van der Waals surface area contributed by atoms with Gasteiger partial charge in [0.15, 0.2) is 11.6 Å². The fourth-order valence-electron chi connectivity index (χ4n) is 0.573. The van der Waals surface area contributed by atoms with Gasteiger partial charge >= 0.3 is 0 Å². The normalized spacial score (nSPS) is 10.4. The summed E-state index contributed by atoms with van der Waals surface area (Å²) >= 11 is 0. The smallest absolute Gasteiger partial charge is 0.158 e. The lowest BCUT2D eigenvalue weighted by Crippen LogP contribution is -2.14. The van der Waals surface area contributed by atoms with Crippen LogP contribution in [0.25, 0.3) is 0 Å². The predicted octanol–water partition coefficient (Wildman–Crippen LogP) is 1.87. The van der Waals surface area contributed by atoms with Crippen molar-refractivity contribution in [1.29, 1.82) is 0 Å². The number of hydrogen-bond acceptors (Lipinski definition) is 5. The Bertz CT molecular complexity index is 190. The second-order valence-electron chi connectivity index (χ2n) is 3.62. The number of hydrogen-bond donors (Lipinski definition) is 0. The average molecular weight is 264 g/mol. The molecule has 0 saturated heterocycles. The molecule has 110 valence electrons. The van der Waals surface area contributed by atoms with Crippen LogP contribution in [-0.4, -0.2) is 52.2 Å². The van der Waals surface area contributed by atoms with Crippen LogP contribution < -0.4 is 0 Å². The molecule has 0 aromatic carbocycles. The molecule has 0 aromatic rings. The van der Waals surface area contributed by atoms with Gasteiger partial charge in [0.05, 0.1) is 0 Å². The van der Waals surface area contributed by atoms with Crippen molar-refractivity contribution in [2.45, 2.75) is 40.2 Å². The maximum atomic E-state index is 10.2. The predicted molar refractivity (Wildman–Crippen MR) is 71.9 cm³/mol. The first-order chi connectivity index (χ1) is 8.37. The Hall–Kier alpha value is -0.780. The van der Waals surface area contributed by atoms with E-state index in [1.54, 1.807) is 14.0 Å². The highest BCUT2D eigenvalue weighted by atomic mass is 16.5. The summed E-state index contributed by atoms with van der Waals surface area (Å²) < 4.78 is 13.8. The summed E-state index contributed by atoms with van der Waals surface area (Å²) in [5.41, 5.74) is 0. The third-order valence-electron chi connectivity index (χ3n) is 1.68. The van der Waals surface area contributed by atoms with Gasteiger partial charge in [-0.25, -0.2) is 0 Å². The van der Waals surface area contributed by atoms with Crippen LogP contribution in [0.15, 0.2) is 0 Å². The Morgan fingerprint density at radius 3 is 1.56 bits per heavy atom. The Morgan fingerprint density at radius 1 is 1.06 bits per heavy atom. The van der Waals surface area contributed by atoms with Crippen LogP contribution >= 0.6 is 0 Å². The molecule has 0 bridgehead atoms. The Morgan fingerprint density at radius 2 is 1.56 bits per heavy atom. The molecule has 0 heterocycles. The molecule has 0 N–H and O–H groups in total. The fourth-order valence-corrected chi connectivity index (χ4v) is 0.573. The molecule has 0 amide bonds. The van der Waals surface area contributed by atoms with Crippen molar-refractivity contribution in [3.8, 4) is 0 Å². The third-order valence-corrected chi connectivity index (χ3v) is 1.68. The summed E-state index contributed by atoms with van der Waals surface area (Å²) in [5.74, 6) is 0.139. The van der Waals surface area contributed by atoms with Crippen LogP contribution in [-0.2, 0) is 23.8 Å². The zero-order valence-electron chi connectivity index (χ0n) is 12.7. The van der Waals surface area contributed by atoms with Crippen molar-refractivity contribution < 1.29 is 23.8 Å². The summed E-state index contributed by atoms with van der Waals surface area (Å²) in [6.07, 6.45) is 0.885. The molecular formula is C13H28O5. The van der Waals surface area contributed by atoms with Crippen LogP contribution in [0.3, 0.4) is 0 Å². The van der Waals surface area contributed by atoms with E-state index in [1.165, 1.54) is 28.1 Å². The van der Waals surface area contributed by atoms with E-state index in [1.807, 2.05) is 0 Å². The molecule has 0 aliphatic heterocycles. The molecular weight excluding hydrogens is 236 g/mol. The van der Waals surface area contributed by atoms with E-state index < -0.39 is 0 Å². The first-order valence-electron chi connectivity index (χ1n) is 5.87. The number of methoxy groups -OCH3 is 3. The maximum Gasteiger partial charge on any atom is 0.158 e. The summed E-state index contributed by atoms with van der Waals surface area (Å²) in [7, 11) is 4.73. The number of ketones is 2. The number of carbonyl (C=O) groups excluding carboxylic acids is 2. The zero-order chi connectivity index (χ0) is 15.0. The Balaban J connectivity index is -0.000000190. The van der Waals surface area contributed by atoms with E-state index in [2.05, 4.69) is 16.4 Å². The van der Waals surface area contributed by atoms with Gasteiger partial charge in [-0.2, -0.15) is 0 Å². The van der Waals surface area contributed by atoms with Gasteiger partial charge in [0.2, 0.25) is 0 Å². The standard InChI is InChI=1S/C5H10O2.C4H8O2.C4H10O/c1-4(6)5(2)7-3;1-4(5)3-6-2;1-3-4-5-2/h5H,1-3H3;3H2,1-2H3;3-4H2,1-2H3. The molecule has 5 heteroatoms. The zero-order valence-corrected chi connectivity index (χ0v) is 12.7. The quantitative estimate of drug-likeness (QED) is 0.733. The lowest BCUT2D eigenvalue weighted by atomic mass is 10.3. The first-order valence-corrected chi connectivity index (χ1v) is 5.87. The van der Waals surface area contributed by atoms with Gasteiger partial charge in [0, 0.05) is 27.9 Å². The monoisotopic (exact) mass is 264 g/mol. The molecule has 5 nitrogen and oxygen atoms in total. The van der Waals surface area contributed by atoms with Crippen molar-refractivity contribution in [1.82, 2.24) is 0 Å². The second-order valence-corrected chi connectivity index (χ2v) is 3.62. The summed E-state index contributed by atoms with van der Waals surface area (Å²) in [4.78, 5) is 20.2. The van der Waals surface area contributed by atoms with Gasteiger partial charge in [-0.05, 0) is 27.2 Å². The molecule has 0 radical (unpaired) electrons. The largest absolute Gasteiger partial charge is 0.385 e. The van der Waals surface area contributed by atoms with Gasteiger partial charge in [-0.3, -0.25) is 9.59 Å². The Kier molecular flexibility index (Phi) is 23.1. The van der Waals surface area contributed by atoms with Crippen molar-refractivity contribution in [2.75, 3.05) is 34.5 Å². The molecule has 0 aliphatic carbocycles. The minimum Gasteiger partial charge on any atom is -0.385 e. The van der Waals surface area contributed by atoms with Crippen molar-refractivity contribution in [2.24, 2.45) is 0 Å². The highest BCUT2D eigenvalue weighted by Crippen LogP contribution is 1.85. The summed E-state index contributed by atoms with van der Waals surface area (Å²) in [6.45, 7) is 7.93. The topological polar surface area (TPSA) is 61.8 Å². The molecule has 0 fully saturated rings. The second kappa shape index (κ2) is 18.6. The molecule has 0 spiro atoms. The van der Waals surface area contributed by atoms with Gasteiger partial charge in [0.1, 0.15) is 12.7 Å². The van der Waals surface area contributed by atoms with Crippen LogP contribution in [0, 0.1) is 0 Å². The van der Waals surface area contributed by atoms with Gasteiger partial charge in [-0.15, -0.1) is 0 Å². The van der Waals surface area contributed by atoms with Gasteiger partial charge in [0.25, 0.3) is 0 Å². The van der Waals surface area contributed by atoms with Gasteiger partial charge in [-0.1, -0.05) is 6.92 Å². The molecule has 0 rings (SSSR count). The van der Waals surface area contributed by atoms with E-state index in [9.17, 15) is 9.59 Å². The molecule has 0 saturated carbocycles. The van der Waals surface area contributed by atoms with E-state index >= 15 is 0 Å². The maximum absolute atomic E-state index is 10.2. The SMILES string of the molecule is CCCOC.COC(C)C(C)=O.COCC(C)=O. The molecule has 0 aromatic heterocycles. The number of carbonyl (C=O) groups is 2. The van der Waals surface area contributed by atoms with Gasteiger partial charge < -0.3 is 14.2 Å². The van der Waals surface area contributed by atoms with Crippen LogP contribution in [0.4, 0.5) is 0 Å². The van der Waals surface area contributed by atoms with E-state index in [0.717, 1.165) is 13.0 Å². The van der Waals surface area contributed by atoms with Crippen LogP contribution in [0.1, 0.15) is 34.1 Å². The molecule has 1 unspecified atom stereocenters. The molecule has 1 atom stereocenters. The van der Waals surface area contributed by atoms with E-state index in [0.29, 0.717) is 0 Å². The highest BCUT2D eigenvalue weighted by molar-refractivity contribution is 5.79. The third kappa shape index (κ3) is 29.5. The minimum atomic E-state index is -0.236. The first kappa shape index (κ1) is 22.4. The van der Waals surface area contributed by atoms with E-state index in [4.69, 9.17) is 4.74 Å². The highest BCUT2D eigenvalue weighted by Gasteiger charge is 2.01. The lowest BCUT2D eigenvalue weighted by molar-refractivity contribution is -0.125. The van der Waals surface area contributed by atoms with E-state index in [-0.39, 0.29) is 24.3 Å². The Labute approximate surface area is 111 Å². The number of rotatable bonds is 6. The molecule has 0 aliphatic rings. The van der Waals surface area contributed by atoms with Crippen LogP contribution in [0.5, 0.6) is 0 Å².